The molecule has 0 aliphatic carbocycles. The average molecular weight is 402 g/mol. The third kappa shape index (κ3) is 5.00. The van der Waals surface area contributed by atoms with E-state index >= 15 is 0 Å². The molecule has 0 radical (unpaired) electrons. The minimum atomic E-state index is -0.308. The summed E-state index contributed by atoms with van der Waals surface area (Å²) in [7, 11) is 0. The van der Waals surface area contributed by atoms with Crippen molar-refractivity contribution in [3.8, 4) is 0 Å². The van der Waals surface area contributed by atoms with Crippen molar-refractivity contribution in [2.24, 2.45) is 0 Å². The molecule has 1 N–H and O–H groups in total. The number of anilines is 1. The van der Waals surface area contributed by atoms with E-state index in [2.05, 4.69) is 26.3 Å². The Morgan fingerprint density at radius 1 is 1.20 bits per heavy atom. The Kier molecular flexibility index (Phi) is 5.60. The van der Waals surface area contributed by atoms with Gasteiger partial charge < -0.3 is 5.32 Å². The Labute approximate surface area is 153 Å². The summed E-state index contributed by atoms with van der Waals surface area (Å²) < 4.78 is 16.2. The van der Waals surface area contributed by atoms with Crippen molar-refractivity contribution in [2.45, 2.75) is 19.4 Å². The number of hydrogen-bond donors (Lipinski definition) is 1. The van der Waals surface area contributed by atoms with Crippen LogP contribution in [-0.2, 0) is 17.8 Å². The van der Waals surface area contributed by atoms with Crippen LogP contribution in [-0.4, -0.2) is 15.7 Å². The zero-order valence-electron chi connectivity index (χ0n) is 13.5. The van der Waals surface area contributed by atoms with Crippen molar-refractivity contribution < 1.29 is 9.18 Å². The maximum atomic E-state index is 13.8. The van der Waals surface area contributed by atoms with Crippen molar-refractivity contribution in [1.82, 2.24) is 9.78 Å². The fourth-order valence-electron chi connectivity index (χ4n) is 2.48. The van der Waals surface area contributed by atoms with Crippen molar-refractivity contribution in [2.75, 3.05) is 5.32 Å². The summed E-state index contributed by atoms with van der Waals surface area (Å²) in [6.07, 6.45) is 3.96. The highest BCUT2D eigenvalue weighted by Gasteiger charge is 2.08. The van der Waals surface area contributed by atoms with Crippen molar-refractivity contribution in [3.63, 3.8) is 0 Å². The molecule has 3 aromatic rings. The minimum Gasteiger partial charge on any atom is -0.323 e. The third-order valence-corrected chi connectivity index (χ3v) is 4.23. The summed E-state index contributed by atoms with van der Waals surface area (Å²) >= 11 is 3.22. The molecule has 0 saturated heterocycles. The fourth-order valence-corrected chi connectivity index (χ4v) is 2.81. The van der Waals surface area contributed by atoms with Crippen LogP contribution in [0, 0.1) is 5.82 Å². The molecule has 2 aromatic carbocycles. The third-order valence-electron chi connectivity index (χ3n) is 3.74. The van der Waals surface area contributed by atoms with Gasteiger partial charge in [-0.15, -0.1) is 0 Å². The molecule has 0 aliphatic heterocycles. The van der Waals surface area contributed by atoms with Gasteiger partial charge in [-0.25, -0.2) is 4.39 Å². The van der Waals surface area contributed by atoms with Gasteiger partial charge in [-0.1, -0.05) is 52.3 Å². The van der Waals surface area contributed by atoms with Gasteiger partial charge in [0, 0.05) is 17.1 Å². The smallest absolute Gasteiger partial charge is 0.224 e. The molecule has 0 spiro atoms. The van der Waals surface area contributed by atoms with Crippen LogP contribution >= 0.6 is 15.9 Å². The summed E-state index contributed by atoms with van der Waals surface area (Å²) in [5, 5.41) is 7.04. The summed E-state index contributed by atoms with van der Waals surface area (Å²) in [6.45, 7) is 0.640. The number of aromatic nitrogens is 2. The van der Waals surface area contributed by atoms with E-state index in [4.69, 9.17) is 0 Å². The zero-order chi connectivity index (χ0) is 17.6. The van der Waals surface area contributed by atoms with E-state index in [9.17, 15) is 9.18 Å². The van der Waals surface area contributed by atoms with Gasteiger partial charge in [0.15, 0.2) is 0 Å². The number of aryl methyl sites for hydroxylation is 1. The summed E-state index contributed by atoms with van der Waals surface area (Å²) in [5.41, 5.74) is 2.30. The topological polar surface area (TPSA) is 46.9 Å². The van der Waals surface area contributed by atoms with Crippen LogP contribution in [0.1, 0.15) is 17.5 Å². The lowest BCUT2D eigenvalue weighted by molar-refractivity contribution is -0.116. The molecule has 1 heterocycles. The molecule has 0 fully saturated rings. The van der Waals surface area contributed by atoms with Crippen LogP contribution in [0.5, 0.6) is 0 Å². The molecule has 0 aliphatic rings. The zero-order valence-corrected chi connectivity index (χ0v) is 15.0. The lowest BCUT2D eigenvalue weighted by atomic mass is 10.1. The van der Waals surface area contributed by atoms with Crippen LogP contribution < -0.4 is 5.32 Å². The van der Waals surface area contributed by atoms with Crippen molar-refractivity contribution >= 4 is 27.5 Å². The summed E-state index contributed by atoms with van der Waals surface area (Å²) in [5.74, 6) is -0.473. The molecule has 6 heteroatoms. The highest BCUT2D eigenvalue weighted by Crippen LogP contribution is 2.17. The molecule has 0 unspecified atom stereocenters. The number of hydrogen-bond acceptors (Lipinski definition) is 2. The number of rotatable bonds is 6. The lowest BCUT2D eigenvalue weighted by Crippen LogP contribution is -2.12. The Morgan fingerprint density at radius 3 is 2.76 bits per heavy atom. The number of amides is 1. The first-order valence-electron chi connectivity index (χ1n) is 7.90. The van der Waals surface area contributed by atoms with Gasteiger partial charge in [0.25, 0.3) is 0 Å². The van der Waals surface area contributed by atoms with Gasteiger partial charge in [0.2, 0.25) is 5.91 Å². The Morgan fingerprint density at radius 2 is 2.00 bits per heavy atom. The summed E-state index contributed by atoms with van der Waals surface area (Å²) in [6, 6.07) is 14.8. The molecule has 0 bridgehead atoms. The minimum absolute atomic E-state index is 0.165. The quantitative estimate of drug-likeness (QED) is 0.664. The first-order valence-corrected chi connectivity index (χ1v) is 8.69. The van der Waals surface area contributed by atoms with Gasteiger partial charge in [0.05, 0.1) is 18.4 Å². The van der Waals surface area contributed by atoms with E-state index in [0.29, 0.717) is 28.7 Å². The second-order valence-electron chi connectivity index (χ2n) is 5.70. The van der Waals surface area contributed by atoms with Crippen LogP contribution in [0.2, 0.25) is 0 Å². The van der Waals surface area contributed by atoms with Crippen LogP contribution in [0.4, 0.5) is 10.1 Å². The van der Waals surface area contributed by atoms with Crippen molar-refractivity contribution in [1.29, 1.82) is 0 Å². The predicted octanol–water partition coefficient (Wildman–Crippen LogP) is 4.40. The standard InChI is InChI=1S/C19H17BrFN3O/c20-16-8-6-15(18(21)10-16)7-9-19(25)23-17-11-22-24(13-17)12-14-4-2-1-3-5-14/h1-6,8,10-11,13H,7,9,12H2,(H,23,25). The van der Waals surface area contributed by atoms with E-state index in [1.54, 1.807) is 29.2 Å². The van der Waals surface area contributed by atoms with E-state index in [1.807, 2.05) is 30.3 Å². The molecule has 4 nitrogen and oxygen atoms in total. The molecule has 1 amide bonds. The van der Waals surface area contributed by atoms with Gasteiger partial charge in [-0.3, -0.25) is 9.48 Å². The molecule has 0 atom stereocenters. The van der Waals surface area contributed by atoms with Crippen molar-refractivity contribution in [3.05, 3.63) is 82.3 Å². The maximum absolute atomic E-state index is 13.8. The monoisotopic (exact) mass is 401 g/mol. The van der Waals surface area contributed by atoms with E-state index in [-0.39, 0.29) is 18.1 Å². The van der Waals surface area contributed by atoms with Crippen LogP contribution in [0.25, 0.3) is 0 Å². The molecular weight excluding hydrogens is 385 g/mol. The Balaban J connectivity index is 1.53. The average Bonchev–Trinajstić information content (AvgIpc) is 3.02. The van der Waals surface area contributed by atoms with Crippen LogP contribution in [0.3, 0.4) is 0 Å². The molecular formula is C19H17BrFN3O. The maximum Gasteiger partial charge on any atom is 0.224 e. The van der Waals surface area contributed by atoms with Crippen LogP contribution in [0.15, 0.2) is 65.4 Å². The lowest BCUT2D eigenvalue weighted by Gasteiger charge is -2.05. The van der Waals surface area contributed by atoms with Gasteiger partial charge in [-0.2, -0.15) is 5.10 Å². The highest BCUT2D eigenvalue weighted by atomic mass is 79.9. The molecule has 3 rings (SSSR count). The Hall–Kier alpha value is -2.47. The van der Waals surface area contributed by atoms with E-state index < -0.39 is 0 Å². The molecule has 128 valence electrons. The second kappa shape index (κ2) is 8.07. The normalized spacial score (nSPS) is 10.6. The molecule has 1 aromatic heterocycles. The number of halogens is 2. The van der Waals surface area contributed by atoms with Gasteiger partial charge in [0.1, 0.15) is 5.82 Å². The number of carbonyl (C=O) groups is 1. The highest BCUT2D eigenvalue weighted by molar-refractivity contribution is 9.10. The largest absolute Gasteiger partial charge is 0.323 e. The van der Waals surface area contributed by atoms with Gasteiger partial charge >= 0.3 is 0 Å². The van der Waals surface area contributed by atoms with Gasteiger partial charge in [-0.05, 0) is 29.7 Å². The fraction of sp³-hybridized carbons (Fsp3) is 0.158. The first kappa shape index (κ1) is 17.4. The number of nitrogens with one attached hydrogen (secondary N) is 1. The van der Waals surface area contributed by atoms with E-state index in [1.165, 1.54) is 6.07 Å². The summed E-state index contributed by atoms with van der Waals surface area (Å²) in [4.78, 5) is 12.1. The predicted molar refractivity (Wildman–Crippen MR) is 98.8 cm³/mol. The Bertz CT molecular complexity index is 864. The first-order chi connectivity index (χ1) is 12.1. The second-order valence-corrected chi connectivity index (χ2v) is 6.61. The molecule has 0 saturated carbocycles. The number of carbonyl (C=O) groups excluding carboxylic acids is 1. The number of nitrogens with zero attached hydrogens (tertiary/aromatic N) is 2. The molecule has 25 heavy (non-hydrogen) atoms. The SMILES string of the molecule is O=C(CCc1ccc(Br)cc1F)Nc1cnn(Cc2ccccc2)c1. The van der Waals surface area contributed by atoms with E-state index in [0.717, 1.165) is 5.56 Å². The number of benzene rings is 2.